The summed E-state index contributed by atoms with van der Waals surface area (Å²) in [5.41, 5.74) is 0.781. The van der Waals surface area contributed by atoms with Crippen LogP contribution in [0.2, 0.25) is 10.0 Å². The van der Waals surface area contributed by atoms with Crippen molar-refractivity contribution >= 4 is 52.2 Å². The van der Waals surface area contributed by atoms with Crippen LogP contribution in [-0.4, -0.2) is 22.6 Å². The van der Waals surface area contributed by atoms with Gasteiger partial charge in [0.2, 0.25) is 0 Å². The van der Waals surface area contributed by atoms with Gasteiger partial charge in [0.05, 0.1) is 15.0 Å². The van der Waals surface area contributed by atoms with Gasteiger partial charge in [-0.15, -0.1) is 0 Å². The lowest BCUT2D eigenvalue weighted by molar-refractivity contribution is -0.122. The van der Waals surface area contributed by atoms with E-state index in [2.05, 4.69) is 0 Å². The standard InChI is InChI=1S/C17H13Cl2NO3S/c1-2-7-20-16(21)15(24-17(20)22)9-11-4-6-14(23-11)10-3-5-12(18)13(19)8-10/h3-6,8-9H,2,7H2,1H3/b15-9-. The number of benzene rings is 1. The van der Waals surface area contributed by atoms with E-state index in [1.54, 1.807) is 36.4 Å². The molecular weight excluding hydrogens is 369 g/mol. The summed E-state index contributed by atoms with van der Waals surface area (Å²) in [7, 11) is 0. The highest BCUT2D eigenvalue weighted by atomic mass is 35.5. The Hall–Kier alpha value is -1.69. The zero-order valence-electron chi connectivity index (χ0n) is 12.7. The average Bonchev–Trinajstić information content (AvgIpc) is 3.11. The second-order valence-corrected chi connectivity index (χ2v) is 6.97. The Morgan fingerprint density at radius 2 is 1.96 bits per heavy atom. The fraction of sp³-hybridized carbons (Fsp3) is 0.176. The summed E-state index contributed by atoms with van der Waals surface area (Å²) in [4.78, 5) is 25.7. The molecule has 0 radical (unpaired) electrons. The molecule has 3 rings (SSSR count). The summed E-state index contributed by atoms with van der Waals surface area (Å²) in [5, 5.41) is 0.661. The van der Waals surface area contributed by atoms with Gasteiger partial charge in [-0.3, -0.25) is 14.5 Å². The number of rotatable bonds is 4. The van der Waals surface area contributed by atoms with Crippen molar-refractivity contribution in [2.24, 2.45) is 0 Å². The van der Waals surface area contributed by atoms with Crippen molar-refractivity contribution in [3.05, 3.63) is 51.0 Å². The molecule has 0 aliphatic carbocycles. The Morgan fingerprint density at radius 3 is 2.67 bits per heavy atom. The first-order valence-electron chi connectivity index (χ1n) is 7.30. The van der Waals surface area contributed by atoms with Crippen LogP contribution in [0, 0.1) is 0 Å². The van der Waals surface area contributed by atoms with Crippen molar-refractivity contribution in [1.82, 2.24) is 4.90 Å². The quantitative estimate of drug-likeness (QED) is 0.637. The van der Waals surface area contributed by atoms with E-state index < -0.39 is 0 Å². The minimum absolute atomic E-state index is 0.246. The zero-order chi connectivity index (χ0) is 17.3. The van der Waals surface area contributed by atoms with Crippen LogP contribution >= 0.6 is 35.0 Å². The number of halogens is 2. The predicted octanol–water partition coefficient (Wildman–Crippen LogP) is 5.70. The third-order valence-corrected chi connectivity index (χ3v) is 5.07. The number of imide groups is 1. The fourth-order valence-electron chi connectivity index (χ4n) is 2.28. The molecule has 1 aromatic carbocycles. The van der Waals surface area contributed by atoms with Gasteiger partial charge >= 0.3 is 0 Å². The summed E-state index contributed by atoms with van der Waals surface area (Å²) < 4.78 is 5.73. The normalized spacial score (nSPS) is 16.5. The summed E-state index contributed by atoms with van der Waals surface area (Å²) in [5.74, 6) is 0.824. The first-order chi connectivity index (χ1) is 11.5. The van der Waals surface area contributed by atoms with E-state index in [4.69, 9.17) is 27.6 Å². The maximum atomic E-state index is 12.2. The first kappa shape index (κ1) is 17.1. The maximum absolute atomic E-state index is 12.2. The van der Waals surface area contributed by atoms with Gasteiger partial charge < -0.3 is 4.42 Å². The molecule has 7 heteroatoms. The van der Waals surface area contributed by atoms with Gasteiger partial charge in [-0.05, 0) is 48.5 Å². The topological polar surface area (TPSA) is 50.5 Å². The van der Waals surface area contributed by atoms with Gasteiger partial charge in [0.1, 0.15) is 11.5 Å². The molecule has 1 saturated heterocycles. The molecule has 0 unspecified atom stereocenters. The smallest absolute Gasteiger partial charge is 0.293 e. The third kappa shape index (κ3) is 3.38. The highest BCUT2D eigenvalue weighted by Crippen LogP contribution is 2.34. The van der Waals surface area contributed by atoms with Crippen molar-refractivity contribution < 1.29 is 14.0 Å². The Labute approximate surface area is 153 Å². The van der Waals surface area contributed by atoms with Crippen molar-refractivity contribution in [3.63, 3.8) is 0 Å². The number of hydrogen-bond acceptors (Lipinski definition) is 4. The first-order valence-corrected chi connectivity index (χ1v) is 8.87. The SMILES string of the molecule is CCCN1C(=O)S/C(=C\c2ccc(-c3ccc(Cl)c(Cl)c3)o2)C1=O. The molecule has 0 atom stereocenters. The van der Waals surface area contributed by atoms with Crippen molar-refractivity contribution in [1.29, 1.82) is 0 Å². The number of carbonyl (C=O) groups is 2. The number of carbonyl (C=O) groups excluding carboxylic acids is 2. The van der Waals surface area contributed by atoms with E-state index in [0.717, 1.165) is 23.7 Å². The second kappa shape index (κ2) is 7.05. The summed E-state index contributed by atoms with van der Waals surface area (Å²) >= 11 is 12.8. The average molecular weight is 382 g/mol. The largest absolute Gasteiger partial charge is 0.457 e. The van der Waals surface area contributed by atoms with Crippen LogP contribution in [0.25, 0.3) is 17.4 Å². The van der Waals surface area contributed by atoms with E-state index in [1.165, 1.54) is 4.90 Å². The predicted molar refractivity (Wildman–Crippen MR) is 97.1 cm³/mol. The number of hydrogen-bond donors (Lipinski definition) is 0. The lowest BCUT2D eigenvalue weighted by atomic mass is 10.2. The van der Waals surface area contributed by atoms with Crippen LogP contribution in [0.1, 0.15) is 19.1 Å². The van der Waals surface area contributed by atoms with Crippen molar-refractivity contribution in [3.8, 4) is 11.3 Å². The summed E-state index contributed by atoms with van der Waals surface area (Å²) in [6, 6.07) is 8.72. The van der Waals surface area contributed by atoms with Gasteiger partial charge in [-0.1, -0.05) is 30.1 Å². The second-order valence-electron chi connectivity index (χ2n) is 5.16. The van der Waals surface area contributed by atoms with Gasteiger partial charge in [-0.2, -0.15) is 0 Å². The molecule has 0 N–H and O–H groups in total. The maximum Gasteiger partial charge on any atom is 0.293 e. The Balaban J connectivity index is 1.85. The van der Waals surface area contributed by atoms with Crippen molar-refractivity contribution in [2.45, 2.75) is 13.3 Å². The van der Waals surface area contributed by atoms with Gasteiger partial charge in [0, 0.05) is 18.2 Å². The minimum atomic E-state index is -0.278. The lowest BCUT2D eigenvalue weighted by Gasteiger charge is -2.09. The van der Waals surface area contributed by atoms with Gasteiger partial charge in [-0.25, -0.2) is 0 Å². The van der Waals surface area contributed by atoms with Crippen LogP contribution in [-0.2, 0) is 4.79 Å². The highest BCUT2D eigenvalue weighted by Gasteiger charge is 2.34. The Kier molecular flexibility index (Phi) is 5.04. The monoisotopic (exact) mass is 381 g/mol. The Morgan fingerprint density at radius 1 is 1.17 bits per heavy atom. The molecule has 2 amide bonds. The van der Waals surface area contributed by atoms with E-state index in [-0.39, 0.29) is 11.1 Å². The molecule has 2 aromatic rings. The van der Waals surface area contributed by atoms with Crippen LogP contribution in [0.15, 0.2) is 39.7 Å². The number of amides is 2. The van der Waals surface area contributed by atoms with Gasteiger partial charge in [0.15, 0.2) is 0 Å². The van der Waals surface area contributed by atoms with Crippen LogP contribution in [0.5, 0.6) is 0 Å². The summed E-state index contributed by atoms with van der Waals surface area (Å²) in [6.07, 6.45) is 2.31. The fourth-order valence-corrected chi connectivity index (χ4v) is 3.42. The van der Waals surface area contributed by atoms with Gasteiger partial charge in [0.25, 0.3) is 11.1 Å². The zero-order valence-corrected chi connectivity index (χ0v) is 15.0. The molecule has 0 spiro atoms. The molecule has 1 fully saturated rings. The lowest BCUT2D eigenvalue weighted by Crippen LogP contribution is -2.28. The van der Waals surface area contributed by atoms with E-state index in [0.29, 0.717) is 33.0 Å². The molecule has 24 heavy (non-hydrogen) atoms. The minimum Gasteiger partial charge on any atom is -0.457 e. The highest BCUT2D eigenvalue weighted by molar-refractivity contribution is 8.18. The number of thioether (sulfide) groups is 1. The summed E-state index contributed by atoms with van der Waals surface area (Å²) in [6.45, 7) is 2.34. The van der Waals surface area contributed by atoms with E-state index in [9.17, 15) is 9.59 Å². The number of nitrogens with zero attached hydrogens (tertiary/aromatic N) is 1. The third-order valence-electron chi connectivity index (χ3n) is 3.43. The molecule has 0 saturated carbocycles. The molecule has 2 heterocycles. The molecule has 0 bridgehead atoms. The molecule has 1 aromatic heterocycles. The molecule has 1 aliphatic rings. The molecule has 124 valence electrons. The van der Waals surface area contributed by atoms with Crippen LogP contribution < -0.4 is 0 Å². The van der Waals surface area contributed by atoms with Crippen molar-refractivity contribution in [2.75, 3.05) is 6.54 Å². The number of furan rings is 1. The molecular formula is C17H13Cl2NO3S. The van der Waals surface area contributed by atoms with E-state index in [1.807, 2.05) is 6.92 Å². The molecule has 1 aliphatic heterocycles. The van der Waals surface area contributed by atoms with Crippen LogP contribution in [0.4, 0.5) is 4.79 Å². The molecule has 4 nitrogen and oxygen atoms in total. The van der Waals surface area contributed by atoms with Crippen LogP contribution in [0.3, 0.4) is 0 Å². The van der Waals surface area contributed by atoms with E-state index >= 15 is 0 Å². The Bertz CT molecular complexity index is 844.